The lowest BCUT2D eigenvalue weighted by atomic mass is 10.0. The molecule has 0 saturated carbocycles. The number of rotatable bonds is 1. The number of ether oxygens (including phenoxy) is 1. The third-order valence-corrected chi connectivity index (χ3v) is 2.08. The fourth-order valence-electron chi connectivity index (χ4n) is 1.31. The molecule has 1 atom stereocenters. The molecule has 2 nitrogen and oxygen atoms in total. The van der Waals surface area contributed by atoms with Crippen LogP contribution in [-0.2, 0) is 9.53 Å². The summed E-state index contributed by atoms with van der Waals surface area (Å²) in [5.74, 6) is -0.198. The van der Waals surface area contributed by atoms with Crippen LogP contribution >= 0.6 is 0 Å². The first-order valence-corrected chi connectivity index (χ1v) is 4.25. The average Bonchev–Trinajstić information content (AvgIpc) is 2.16. The summed E-state index contributed by atoms with van der Waals surface area (Å²) in [7, 11) is 0. The van der Waals surface area contributed by atoms with Crippen LogP contribution in [0.3, 0.4) is 0 Å². The van der Waals surface area contributed by atoms with Crippen LogP contribution in [0.2, 0.25) is 0 Å². The van der Waals surface area contributed by atoms with Crippen molar-refractivity contribution < 1.29 is 9.53 Å². The Morgan fingerprint density at radius 3 is 2.54 bits per heavy atom. The molecule has 1 aliphatic rings. The highest BCUT2D eigenvalue weighted by Crippen LogP contribution is 2.23. The first kappa shape index (κ1) is 8.05. The maximum atomic E-state index is 11.0. The summed E-state index contributed by atoms with van der Waals surface area (Å²) >= 11 is 0. The standard InChI is InChI=1S/C11H10O2/c1-8-10(11(12)13-8)7-9-5-3-2-4-6-9/h2-8H,1H3. The molecule has 1 fully saturated rings. The molecule has 66 valence electrons. The largest absolute Gasteiger partial charge is 0.454 e. The first-order chi connectivity index (χ1) is 6.27. The van der Waals surface area contributed by atoms with Gasteiger partial charge in [0.15, 0.2) is 0 Å². The van der Waals surface area contributed by atoms with Crippen molar-refractivity contribution in [2.24, 2.45) is 0 Å². The molecular weight excluding hydrogens is 164 g/mol. The zero-order valence-corrected chi connectivity index (χ0v) is 7.36. The lowest BCUT2D eigenvalue weighted by Crippen LogP contribution is -2.33. The van der Waals surface area contributed by atoms with Crippen molar-refractivity contribution in [2.75, 3.05) is 0 Å². The predicted octanol–water partition coefficient (Wildman–Crippen LogP) is 2.02. The summed E-state index contributed by atoms with van der Waals surface area (Å²) in [5.41, 5.74) is 1.80. The van der Waals surface area contributed by atoms with Crippen LogP contribution in [0.25, 0.3) is 6.08 Å². The number of carbonyl (C=O) groups excluding carboxylic acids is 1. The highest BCUT2D eigenvalue weighted by atomic mass is 16.6. The molecule has 1 heterocycles. The molecule has 1 saturated heterocycles. The number of hydrogen-bond acceptors (Lipinski definition) is 2. The Morgan fingerprint density at radius 2 is 2.00 bits per heavy atom. The van der Waals surface area contributed by atoms with Gasteiger partial charge in [-0.15, -0.1) is 0 Å². The second-order valence-electron chi connectivity index (χ2n) is 3.06. The summed E-state index contributed by atoms with van der Waals surface area (Å²) < 4.78 is 4.82. The van der Waals surface area contributed by atoms with Crippen molar-refractivity contribution in [1.82, 2.24) is 0 Å². The van der Waals surface area contributed by atoms with E-state index < -0.39 is 0 Å². The van der Waals surface area contributed by atoms with Gasteiger partial charge in [-0.1, -0.05) is 30.3 Å². The Hall–Kier alpha value is -1.57. The zero-order chi connectivity index (χ0) is 9.26. The molecule has 1 aromatic carbocycles. The Morgan fingerprint density at radius 1 is 1.31 bits per heavy atom. The van der Waals surface area contributed by atoms with Gasteiger partial charge in [0.1, 0.15) is 6.10 Å². The summed E-state index contributed by atoms with van der Waals surface area (Å²) in [6, 6.07) is 9.77. The normalized spacial score (nSPS) is 23.9. The maximum Gasteiger partial charge on any atom is 0.338 e. The van der Waals surface area contributed by atoms with Gasteiger partial charge in [-0.3, -0.25) is 0 Å². The molecule has 0 radical (unpaired) electrons. The zero-order valence-electron chi connectivity index (χ0n) is 7.36. The molecule has 0 aromatic heterocycles. The quantitative estimate of drug-likeness (QED) is 0.481. The number of benzene rings is 1. The minimum atomic E-state index is -0.198. The molecular formula is C11H10O2. The third kappa shape index (κ3) is 1.47. The fraction of sp³-hybridized carbons (Fsp3) is 0.182. The van der Waals surface area contributed by atoms with Gasteiger partial charge >= 0.3 is 5.97 Å². The van der Waals surface area contributed by atoms with Crippen LogP contribution in [-0.4, -0.2) is 12.1 Å². The molecule has 2 rings (SSSR count). The molecule has 0 N–H and O–H groups in total. The van der Waals surface area contributed by atoms with E-state index in [4.69, 9.17) is 4.74 Å². The highest BCUT2D eigenvalue weighted by Gasteiger charge is 2.31. The molecule has 0 amide bonds. The van der Waals surface area contributed by atoms with Crippen LogP contribution < -0.4 is 0 Å². The second kappa shape index (κ2) is 3.05. The Labute approximate surface area is 76.8 Å². The highest BCUT2D eigenvalue weighted by molar-refractivity contribution is 5.99. The van der Waals surface area contributed by atoms with E-state index in [1.54, 1.807) is 0 Å². The number of carbonyl (C=O) groups is 1. The van der Waals surface area contributed by atoms with E-state index in [2.05, 4.69) is 0 Å². The van der Waals surface area contributed by atoms with E-state index >= 15 is 0 Å². The van der Waals surface area contributed by atoms with Gasteiger partial charge in [-0.25, -0.2) is 4.79 Å². The molecule has 1 aromatic rings. The summed E-state index contributed by atoms with van der Waals surface area (Å²) in [5, 5.41) is 0. The van der Waals surface area contributed by atoms with Crippen molar-refractivity contribution in [3.05, 3.63) is 41.5 Å². The summed E-state index contributed by atoms with van der Waals surface area (Å²) in [6.07, 6.45) is 1.82. The smallest absolute Gasteiger partial charge is 0.338 e. The van der Waals surface area contributed by atoms with Crippen molar-refractivity contribution in [3.63, 3.8) is 0 Å². The monoisotopic (exact) mass is 174 g/mol. The Balaban J connectivity index is 2.26. The van der Waals surface area contributed by atoms with E-state index in [1.165, 1.54) is 0 Å². The van der Waals surface area contributed by atoms with Crippen molar-refractivity contribution in [1.29, 1.82) is 0 Å². The third-order valence-electron chi connectivity index (χ3n) is 2.08. The Bertz CT molecular complexity index is 352. The molecule has 0 spiro atoms. The van der Waals surface area contributed by atoms with E-state index in [9.17, 15) is 4.79 Å². The lowest BCUT2D eigenvalue weighted by molar-refractivity contribution is -0.154. The maximum absolute atomic E-state index is 11.0. The predicted molar refractivity (Wildman–Crippen MR) is 50.0 cm³/mol. The van der Waals surface area contributed by atoms with E-state index in [0.717, 1.165) is 11.1 Å². The van der Waals surface area contributed by atoms with Gasteiger partial charge in [0.25, 0.3) is 0 Å². The topological polar surface area (TPSA) is 26.3 Å². The average molecular weight is 174 g/mol. The molecule has 0 aliphatic carbocycles. The van der Waals surface area contributed by atoms with Gasteiger partial charge in [-0.2, -0.15) is 0 Å². The van der Waals surface area contributed by atoms with E-state index in [0.29, 0.717) is 0 Å². The molecule has 1 aliphatic heterocycles. The van der Waals surface area contributed by atoms with Crippen LogP contribution in [0.4, 0.5) is 0 Å². The number of cyclic esters (lactones) is 1. The minimum absolute atomic E-state index is 0.0484. The van der Waals surface area contributed by atoms with Crippen molar-refractivity contribution in [3.8, 4) is 0 Å². The van der Waals surface area contributed by atoms with Crippen molar-refractivity contribution >= 4 is 12.0 Å². The van der Waals surface area contributed by atoms with Crippen LogP contribution in [0.5, 0.6) is 0 Å². The van der Waals surface area contributed by atoms with E-state index in [1.807, 2.05) is 43.3 Å². The van der Waals surface area contributed by atoms with Gasteiger partial charge in [0.2, 0.25) is 0 Å². The van der Waals surface area contributed by atoms with Crippen molar-refractivity contribution in [2.45, 2.75) is 13.0 Å². The Kier molecular flexibility index (Phi) is 1.89. The molecule has 2 heteroatoms. The van der Waals surface area contributed by atoms with Crippen LogP contribution in [0.15, 0.2) is 35.9 Å². The second-order valence-corrected chi connectivity index (χ2v) is 3.06. The van der Waals surface area contributed by atoms with Gasteiger partial charge in [0, 0.05) is 0 Å². The summed E-state index contributed by atoms with van der Waals surface area (Å²) in [4.78, 5) is 11.0. The SMILES string of the molecule is CC1OC(=O)C1=Cc1ccccc1. The summed E-state index contributed by atoms with van der Waals surface area (Å²) in [6.45, 7) is 1.87. The number of hydrogen-bond donors (Lipinski definition) is 0. The number of esters is 1. The molecule has 0 bridgehead atoms. The van der Waals surface area contributed by atoms with Gasteiger partial charge in [-0.05, 0) is 18.6 Å². The minimum Gasteiger partial charge on any atom is -0.454 e. The molecule has 13 heavy (non-hydrogen) atoms. The van der Waals surface area contributed by atoms with Crippen LogP contribution in [0, 0.1) is 0 Å². The fourth-order valence-corrected chi connectivity index (χ4v) is 1.31. The first-order valence-electron chi connectivity index (χ1n) is 4.25. The lowest BCUT2D eigenvalue weighted by Gasteiger charge is -2.25. The van der Waals surface area contributed by atoms with Gasteiger partial charge < -0.3 is 4.74 Å². The van der Waals surface area contributed by atoms with Gasteiger partial charge in [0.05, 0.1) is 5.57 Å². The van der Waals surface area contributed by atoms with Crippen LogP contribution in [0.1, 0.15) is 12.5 Å². The molecule has 1 unspecified atom stereocenters. The van der Waals surface area contributed by atoms with E-state index in [-0.39, 0.29) is 12.1 Å².